The highest BCUT2D eigenvalue weighted by molar-refractivity contribution is 5.97. The highest BCUT2D eigenvalue weighted by atomic mass is 16.5. The van der Waals surface area contributed by atoms with Gasteiger partial charge in [-0.25, -0.2) is 4.79 Å². The smallest absolute Gasteiger partial charge is 0.326 e. The minimum absolute atomic E-state index is 0.349. The van der Waals surface area contributed by atoms with E-state index in [1.807, 2.05) is 12.1 Å². The second-order valence-corrected chi connectivity index (χ2v) is 5.05. The van der Waals surface area contributed by atoms with Crippen LogP contribution in [0.15, 0.2) is 18.2 Å². The molecule has 1 heterocycles. The molecule has 0 aromatic heterocycles. The zero-order valence-electron chi connectivity index (χ0n) is 12.0. The topological polar surface area (TPSA) is 87.7 Å². The van der Waals surface area contributed by atoms with E-state index >= 15 is 0 Å². The van der Waals surface area contributed by atoms with E-state index < -0.39 is 12.0 Å². The van der Waals surface area contributed by atoms with Gasteiger partial charge in [-0.3, -0.25) is 4.79 Å². The van der Waals surface area contributed by atoms with Crippen LogP contribution in [-0.2, 0) is 16.0 Å². The van der Waals surface area contributed by atoms with Crippen molar-refractivity contribution in [3.05, 3.63) is 29.3 Å². The molecule has 6 nitrogen and oxygen atoms in total. The monoisotopic (exact) mass is 292 g/mol. The first-order valence-electron chi connectivity index (χ1n) is 7.01. The molecule has 21 heavy (non-hydrogen) atoms. The molecule has 0 saturated heterocycles. The van der Waals surface area contributed by atoms with Crippen LogP contribution in [0, 0.1) is 0 Å². The Morgan fingerprint density at radius 2 is 2.29 bits per heavy atom. The number of methoxy groups -OCH3 is 1. The Labute approximate surface area is 123 Å². The average Bonchev–Trinajstić information content (AvgIpc) is 2.93. The van der Waals surface area contributed by atoms with Crippen molar-refractivity contribution >= 4 is 17.6 Å². The maximum Gasteiger partial charge on any atom is 0.326 e. The summed E-state index contributed by atoms with van der Waals surface area (Å²) < 4.78 is 4.90. The second-order valence-electron chi connectivity index (χ2n) is 5.05. The van der Waals surface area contributed by atoms with E-state index in [2.05, 4.69) is 10.6 Å². The Bertz CT molecular complexity index is 530. The molecule has 0 fully saturated rings. The van der Waals surface area contributed by atoms with Crippen molar-refractivity contribution in [1.82, 2.24) is 5.32 Å². The van der Waals surface area contributed by atoms with Crippen molar-refractivity contribution in [3.63, 3.8) is 0 Å². The number of aliphatic carboxylic acids is 1. The van der Waals surface area contributed by atoms with Crippen molar-refractivity contribution in [3.8, 4) is 0 Å². The molecule has 1 aliphatic heterocycles. The van der Waals surface area contributed by atoms with Crippen molar-refractivity contribution in [2.45, 2.75) is 25.3 Å². The van der Waals surface area contributed by atoms with Gasteiger partial charge in [0.1, 0.15) is 6.04 Å². The highest BCUT2D eigenvalue weighted by Crippen LogP contribution is 2.23. The fraction of sp³-hybridized carbons (Fsp3) is 0.467. The zero-order chi connectivity index (χ0) is 15.2. The number of hydrogen-bond donors (Lipinski definition) is 3. The molecule has 1 amide bonds. The van der Waals surface area contributed by atoms with Gasteiger partial charge in [0.15, 0.2) is 0 Å². The molecule has 1 unspecified atom stereocenters. The van der Waals surface area contributed by atoms with Crippen LogP contribution in [0.2, 0.25) is 0 Å². The summed E-state index contributed by atoms with van der Waals surface area (Å²) >= 11 is 0. The van der Waals surface area contributed by atoms with Gasteiger partial charge >= 0.3 is 5.97 Å². The third-order valence-electron chi connectivity index (χ3n) is 3.52. The van der Waals surface area contributed by atoms with E-state index in [0.717, 1.165) is 24.2 Å². The van der Waals surface area contributed by atoms with E-state index in [1.54, 1.807) is 13.2 Å². The predicted octanol–water partition coefficient (Wildman–Crippen LogP) is 1.26. The zero-order valence-corrected chi connectivity index (χ0v) is 12.0. The molecule has 1 atom stereocenters. The van der Waals surface area contributed by atoms with Gasteiger partial charge in [-0.15, -0.1) is 0 Å². The van der Waals surface area contributed by atoms with Crippen LogP contribution < -0.4 is 10.6 Å². The third kappa shape index (κ3) is 3.95. The number of carboxylic acids is 1. The summed E-state index contributed by atoms with van der Waals surface area (Å²) in [7, 11) is 1.56. The van der Waals surface area contributed by atoms with Crippen LogP contribution in [0.3, 0.4) is 0 Å². The molecule has 2 rings (SSSR count). The number of carbonyl (C=O) groups excluding carboxylic acids is 1. The standard InChI is InChI=1S/C15H20N2O4/c1-21-8-2-3-13(15(19)20)17-14(18)11-4-5-12-10(9-11)6-7-16-12/h4-5,9,13,16H,2-3,6-8H2,1H3,(H,17,18)(H,19,20). The lowest BCUT2D eigenvalue weighted by molar-refractivity contribution is -0.139. The normalized spacial score (nSPS) is 14.1. The molecule has 0 spiro atoms. The predicted molar refractivity (Wildman–Crippen MR) is 78.6 cm³/mol. The lowest BCUT2D eigenvalue weighted by Crippen LogP contribution is -2.40. The summed E-state index contributed by atoms with van der Waals surface area (Å²) in [5.41, 5.74) is 2.63. The molecule has 114 valence electrons. The summed E-state index contributed by atoms with van der Waals surface area (Å²) in [4.78, 5) is 23.3. The summed E-state index contributed by atoms with van der Waals surface area (Å²) in [6.07, 6.45) is 1.82. The molecule has 0 aliphatic carbocycles. The first kappa shape index (κ1) is 15.3. The number of amides is 1. The second kappa shape index (κ2) is 7.08. The van der Waals surface area contributed by atoms with Gasteiger partial charge in [0.25, 0.3) is 5.91 Å². The molecular formula is C15H20N2O4. The van der Waals surface area contributed by atoms with Gasteiger partial charge in [-0.1, -0.05) is 0 Å². The summed E-state index contributed by atoms with van der Waals surface area (Å²) in [6, 6.07) is 4.50. The maximum absolute atomic E-state index is 12.2. The fourth-order valence-electron chi connectivity index (χ4n) is 2.38. The Hall–Kier alpha value is -2.08. The van der Waals surface area contributed by atoms with E-state index in [1.165, 1.54) is 0 Å². The van der Waals surface area contributed by atoms with Crippen molar-refractivity contribution < 1.29 is 19.4 Å². The quantitative estimate of drug-likeness (QED) is 0.659. The van der Waals surface area contributed by atoms with Crippen LogP contribution in [0.5, 0.6) is 0 Å². The van der Waals surface area contributed by atoms with E-state index in [9.17, 15) is 9.59 Å². The Morgan fingerprint density at radius 1 is 1.48 bits per heavy atom. The largest absolute Gasteiger partial charge is 0.480 e. The average molecular weight is 292 g/mol. The third-order valence-corrected chi connectivity index (χ3v) is 3.52. The summed E-state index contributed by atoms with van der Waals surface area (Å²) in [6.45, 7) is 1.35. The number of carbonyl (C=O) groups is 2. The van der Waals surface area contributed by atoms with E-state index in [-0.39, 0.29) is 5.91 Å². The molecule has 6 heteroatoms. The number of rotatable bonds is 7. The lowest BCUT2D eigenvalue weighted by Gasteiger charge is -2.14. The van der Waals surface area contributed by atoms with Crippen molar-refractivity contribution in [1.29, 1.82) is 0 Å². The van der Waals surface area contributed by atoms with Gasteiger partial charge in [0, 0.05) is 31.5 Å². The minimum atomic E-state index is -1.03. The Kier molecular flexibility index (Phi) is 5.16. The molecule has 1 aliphatic rings. The molecule has 0 saturated carbocycles. The van der Waals surface area contributed by atoms with Crippen LogP contribution in [0.4, 0.5) is 5.69 Å². The van der Waals surface area contributed by atoms with Gasteiger partial charge < -0.3 is 20.5 Å². The lowest BCUT2D eigenvalue weighted by atomic mass is 10.1. The number of fused-ring (bicyclic) bond motifs is 1. The molecule has 1 aromatic carbocycles. The first-order valence-corrected chi connectivity index (χ1v) is 7.01. The minimum Gasteiger partial charge on any atom is -0.480 e. The van der Waals surface area contributed by atoms with Crippen LogP contribution in [0.1, 0.15) is 28.8 Å². The number of hydrogen-bond acceptors (Lipinski definition) is 4. The molecule has 0 bridgehead atoms. The first-order chi connectivity index (χ1) is 10.1. The number of anilines is 1. The summed E-state index contributed by atoms with van der Waals surface area (Å²) in [5, 5.41) is 14.9. The van der Waals surface area contributed by atoms with Crippen molar-refractivity contribution in [2.75, 3.05) is 25.6 Å². The van der Waals surface area contributed by atoms with Crippen molar-refractivity contribution in [2.24, 2.45) is 0 Å². The maximum atomic E-state index is 12.2. The van der Waals surface area contributed by atoms with Gasteiger partial charge in [-0.05, 0) is 43.0 Å². The number of nitrogens with one attached hydrogen (secondary N) is 2. The number of carboxylic acid groups (broad SMARTS) is 1. The number of ether oxygens (including phenoxy) is 1. The Balaban J connectivity index is 1.99. The molecule has 0 radical (unpaired) electrons. The van der Waals surface area contributed by atoms with E-state index in [0.29, 0.717) is 25.0 Å². The highest BCUT2D eigenvalue weighted by Gasteiger charge is 2.21. The van der Waals surface area contributed by atoms with Gasteiger partial charge in [0.2, 0.25) is 0 Å². The van der Waals surface area contributed by atoms with Crippen LogP contribution >= 0.6 is 0 Å². The van der Waals surface area contributed by atoms with Gasteiger partial charge in [-0.2, -0.15) is 0 Å². The fourth-order valence-corrected chi connectivity index (χ4v) is 2.38. The SMILES string of the molecule is COCCCC(NC(=O)c1ccc2c(c1)CCN2)C(=O)O. The number of benzene rings is 1. The van der Waals surface area contributed by atoms with Crippen LogP contribution in [0.25, 0.3) is 0 Å². The molecule has 3 N–H and O–H groups in total. The van der Waals surface area contributed by atoms with E-state index in [4.69, 9.17) is 9.84 Å². The molecule has 1 aromatic rings. The summed E-state index contributed by atoms with van der Waals surface area (Å²) in [5.74, 6) is -1.38. The van der Waals surface area contributed by atoms with Crippen LogP contribution in [-0.4, -0.2) is 43.3 Å². The Morgan fingerprint density at radius 3 is 3.00 bits per heavy atom. The van der Waals surface area contributed by atoms with Gasteiger partial charge in [0.05, 0.1) is 0 Å². The molecular weight excluding hydrogens is 272 g/mol.